The number of carbonyl (C=O) groups excluding carboxylic acids is 2. The van der Waals surface area contributed by atoms with Gasteiger partial charge in [-0.25, -0.2) is 4.39 Å². The Labute approximate surface area is 179 Å². The molecule has 156 valence electrons. The minimum atomic E-state index is -0.407. The molecule has 0 aliphatic carbocycles. The van der Waals surface area contributed by atoms with Crippen LogP contribution in [0, 0.1) is 5.82 Å². The van der Waals surface area contributed by atoms with E-state index in [2.05, 4.69) is 5.32 Å². The molecule has 0 fully saturated rings. The second kappa shape index (κ2) is 8.83. The normalized spacial score (nSPS) is 13.7. The van der Waals surface area contributed by atoms with Gasteiger partial charge in [0.25, 0.3) is 11.8 Å². The first-order valence-corrected chi connectivity index (χ1v) is 9.88. The van der Waals surface area contributed by atoms with Crippen molar-refractivity contribution in [1.29, 1.82) is 0 Å². The fourth-order valence-corrected chi connectivity index (χ4v) is 3.48. The highest BCUT2D eigenvalue weighted by molar-refractivity contribution is 6.36. The molecule has 2 amide bonds. The lowest BCUT2D eigenvalue weighted by atomic mass is 10.0. The molecule has 0 saturated carbocycles. The van der Waals surface area contributed by atoms with Crippen LogP contribution in [0.5, 0.6) is 5.75 Å². The molecule has 1 heterocycles. The molecule has 0 bridgehead atoms. The quantitative estimate of drug-likeness (QED) is 0.585. The smallest absolute Gasteiger partial charge is 0.278 e. The molecule has 31 heavy (non-hydrogen) atoms. The zero-order chi connectivity index (χ0) is 21.8. The molecular weight excluding hydrogens is 395 g/mol. The van der Waals surface area contributed by atoms with Crippen molar-refractivity contribution in [2.24, 2.45) is 0 Å². The van der Waals surface area contributed by atoms with Gasteiger partial charge in [0.2, 0.25) is 0 Å². The van der Waals surface area contributed by atoms with Crippen LogP contribution in [0.3, 0.4) is 0 Å². The zero-order valence-electron chi connectivity index (χ0n) is 17.0. The number of hydrogen-bond acceptors (Lipinski definition) is 4. The van der Waals surface area contributed by atoms with Crippen LogP contribution in [-0.4, -0.2) is 30.4 Å². The minimum Gasteiger partial charge on any atom is -0.497 e. The molecule has 4 rings (SSSR count). The van der Waals surface area contributed by atoms with Gasteiger partial charge in [-0.05, 0) is 53.9 Å². The number of halogens is 1. The van der Waals surface area contributed by atoms with E-state index >= 15 is 0 Å². The first-order valence-electron chi connectivity index (χ1n) is 9.88. The molecule has 1 N–H and O–H groups in total. The maximum atomic E-state index is 13.4. The number of ether oxygens (including phenoxy) is 1. The summed E-state index contributed by atoms with van der Waals surface area (Å²) in [4.78, 5) is 27.6. The van der Waals surface area contributed by atoms with Crippen LogP contribution < -0.4 is 10.1 Å². The second-order valence-corrected chi connectivity index (χ2v) is 7.11. The molecule has 1 aliphatic rings. The van der Waals surface area contributed by atoms with Gasteiger partial charge in [-0.15, -0.1) is 0 Å². The summed E-state index contributed by atoms with van der Waals surface area (Å²) in [7, 11) is 1.60. The number of hydrogen-bond donors (Lipinski definition) is 1. The molecule has 0 aromatic heterocycles. The van der Waals surface area contributed by atoms with E-state index in [1.165, 1.54) is 29.2 Å². The number of imide groups is 1. The number of benzene rings is 3. The third kappa shape index (κ3) is 4.33. The van der Waals surface area contributed by atoms with Crippen LogP contribution in [-0.2, 0) is 16.0 Å². The molecule has 1 aliphatic heterocycles. The molecule has 3 aromatic rings. The Morgan fingerprint density at radius 1 is 0.871 bits per heavy atom. The highest BCUT2D eigenvalue weighted by Gasteiger charge is 2.38. The van der Waals surface area contributed by atoms with E-state index < -0.39 is 17.6 Å². The summed E-state index contributed by atoms with van der Waals surface area (Å²) in [5.41, 5.74) is 2.59. The Hall–Kier alpha value is -3.93. The predicted molar refractivity (Wildman–Crippen MR) is 117 cm³/mol. The SMILES string of the molecule is COc1ccc(CCN2C(=O)C(Nc3ccccc3)=C(c3ccc(F)cc3)C2=O)cc1. The molecule has 0 radical (unpaired) electrons. The van der Waals surface area contributed by atoms with Gasteiger partial charge in [0.1, 0.15) is 17.3 Å². The number of para-hydroxylation sites is 1. The maximum Gasteiger partial charge on any atom is 0.278 e. The van der Waals surface area contributed by atoms with Crippen LogP contribution >= 0.6 is 0 Å². The summed E-state index contributed by atoms with van der Waals surface area (Å²) in [6.07, 6.45) is 0.511. The summed E-state index contributed by atoms with van der Waals surface area (Å²) in [5, 5.41) is 3.08. The Balaban J connectivity index is 1.61. The molecule has 5 nitrogen and oxygen atoms in total. The van der Waals surface area contributed by atoms with Gasteiger partial charge in [0, 0.05) is 12.2 Å². The van der Waals surface area contributed by atoms with Crippen LogP contribution in [0.15, 0.2) is 84.6 Å². The van der Waals surface area contributed by atoms with Gasteiger partial charge in [-0.2, -0.15) is 0 Å². The third-order valence-electron chi connectivity index (χ3n) is 5.13. The lowest BCUT2D eigenvalue weighted by Gasteiger charge is -2.15. The van der Waals surface area contributed by atoms with Gasteiger partial charge in [-0.1, -0.05) is 42.5 Å². The molecule has 0 unspecified atom stereocenters. The van der Waals surface area contributed by atoms with Gasteiger partial charge >= 0.3 is 0 Å². The van der Waals surface area contributed by atoms with Gasteiger partial charge in [0.05, 0.1) is 12.7 Å². The van der Waals surface area contributed by atoms with E-state index in [0.29, 0.717) is 17.7 Å². The predicted octanol–water partition coefficient (Wildman–Crippen LogP) is 4.27. The Morgan fingerprint density at radius 3 is 2.19 bits per heavy atom. The number of nitrogens with zero attached hydrogens (tertiary/aromatic N) is 1. The van der Waals surface area contributed by atoms with Crippen molar-refractivity contribution in [3.63, 3.8) is 0 Å². The molecule has 0 saturated heterocycles. The van der Waals surface area contributed by atoms with E-state index in [9.17, 15) is 14.0 Å². The van der Waals surface area contributed by atoms with Gasteiger partial charge in [0.15, 0.2) is 0 Å². The number of anilines is 1. The van der Waals surface area contributed by atoms with Gasteiger partial charge in [-0.3, -0.25) is 14.5 Å². The van der Waals surface area contributed by atoms with Crippen LogP contribution in [0.4, 0.5) is 10.1 Å². The topological polar surface area (TPSA) is 58.6 Å². The zero-order valence-corrected chi connectivity index (χ0v) is 17.0. The van der Waals surface area contributed by atoms with Crippen molar-refractivity contribution >= 4 is 23.1 Å². The minimum absolute atomic E-state index is 0.192. The third-order valence-corrected chi connectivity index (χ3v) is 5.13. The summed E-state index contributed by atoms with van der Waals surface area (Å²) in [6, 6.07) is 22.2. The first-order chi connectivity index (χ1) is 15.1. The largest absolute Gasteiger partial charge is 0.497 e. The maximum absolute atomic E-state index is 13.4. The lowest BCUT2D eigenvalue weighted by Crippen LogP contribution is -2.34. The van der Waals surface area contributed by atoms with E-state index in [4.69, 9.17) is 4.74 Å². The fraction of sp³-hybridized carbons (Fsp3) is 0.120. The molecule has 3 aromatic carbocycles. The Morgan fingerprint density at radius 2 is 1.55 bits per heavy atom. The van der Waals surface area contributed by atoms with E-state index in [1.807, 2.05) is 54.6 Å². The number of methoxy groups -OCH3 is 1. The van der Waals surface area contributed by atoms with Crippen molar-refractivity contribution in [2.45, 2.75) is 6.42 Å². The number of carbonyl (C=O) groups is 2. The van der Waals surface area contributed by atoms with Crippen LogP contribution in [0.25, 0.3) is 5.57 Å². The van der Waals surface area contributed by atoms with Crippen molar-refractivity contribution < 1.29 is 18.7 Å². The molecular formula is C25H21FN2O3. The van der Waals surface area contributed by atoms with E-state index in [0.717, 1.165) is 11.3 Å². The number of amides is 2. The van der Waals surface area contributed by atoms with E-state index in [-0.39, 0.29) is 17.8 Å². The number of nitrogens with one attached hydrogen (secondary N) is 1. The first kappa shape index (κ1) is 20.3. The summed E-state index contributed by atoms with van der Waals surface area (Å²) in [5.74, 6) is -0.466. The van der Waals surface area contributed by atoms with Crippen molar-refractivity contribution in [3.05, 3.63) is 102 Å². The fourth-order valence-electron chi connectivity index (χ4n) is 3.48. The summed E-state index contributed by atoms with van der Waals surface area (Å²) in [6.45, 7) is 0.231. The van der Waals surface area contributed by atoms with Gasteiger partial charge < -0.3 is 10.1 Å². The second-order valence-electron chi connectivity index (χ2n) is 7.11. The number of rotatable bonds is 7. The molecule has 0 atom stereocenters. The highest BCUT2D eigenvalue weighted by Crippen LogP contribution is 2.30. The molecule has 6 heteroatoms. The van der Waals surface area contributed by atoms with Crippen molar-refractivity contribution in [2.75, 3.05) is 19.0 Å². The van der Waals surface area contributed by atoms with Crippen LogP contribution in [0.2, 0.25) is 0 Å². The van der Waals surface area contributed by atoms with E-state index in [1.54, 1.807) is 7.11 Å². The lowest BCUT2D eigenvalue weighted by molar-refractivity contribution is -0.136. The average molecular weight is 416 g/mol. The standard InChI is InChI=1S/C25H21FN2O3/c1-31-21-13-7-17(8-14-21)15-16-28-24(29)22(18-9-11-19(26)12-10-18)23(25(28)30)27-20-5-3-2-4-6-20/h2-14,27H,15-16H2,1H3. The monoisotopic (exact) mass is 416 g/mol. The van der Waals surface area contributed by atoms with Crippen LogP contribution in [0.1, 0.15) is 11.1 Å². The highest BCUT2D eigenvalue weighted by atomic mass is 19.1. The Bertz CT molecular complexity index is 1120. The summed E-state index contributed by atoms with van der Waals surface area (Å²) < 4.78 is 18.6. The summed E-state index contributed by atoms with van der Waals surface area (Å²) >= 11 is 0. The van der Waals surface area contributed by atoms with Crippen molar-refractivity contribution in [1.82, 2.24) is 4.90 Å². The Kier molecular flexibility index (Phi) is 5.80. The average Bonchev–Trinajstić information content (AvgIpc) is 3.03. The molecule has 0 spiro atoms. The van der Waals surface area contributed by atoms with Crippen molar-refractivity contribution in [3.8, 4) is 5.75 Å².